The van der Waals surface area contributed by atoms with Gasteiger partial charge in [-0.1, -0.05) is 13.3 Å². The Hall–Kier alpha value is -1.89. The molecule has 24 heavy (non-hydrogen) atoms. The second kappa shape index (κ2) is 8.82. The zero-order valence-corrected chi connectivity index (χ0v) is 15.0. The van der Waals surface area contributed by atoms with Crippen LogP contribution in [0.1, 0.15) is 66.8 Å². The lowest BCUT2D eigenvalue weighted by Crippen LogP contribution is -2.32. The average Bonchev–Trinajstić information content (AvgIpc) is 2.69. The first kappa shape index (κ1) is 18.4. The standard InChI is InChI=1S/C17H24N2O4S/c1-3-8-13(20)18-16-14(15(21)19-17(22)23-4-2)11-9-6-5-7-10-12(11)24-16/h3-10H2,1-2H3,(H,18,20)(H,19,21,22). The molecule has 1 heterocycles. The first-order valence-corrected chi connectivity index (χ1v) is 9.30. The molecule has 2 rings (SSSR count). The summed E-state index contributed by atoms with van der Waals surface area (Å²) >= 11 is 1.45. The molecule has 3 amide bonds. The Labute approximate surface area is 146 Å². The molecule has 0 fully saturated rings. The van der Waals surface area contributed by atoms with Gasteiger partial charge in [-0.3, -0.25) is 14.9 Å². The molecule has 0 spiro atoms. The summed E-state index contributed by atoms with van der Waals surface area (Å²) in [5.41, 5.74) is 1.39. The van der Waals surface area contributed by atoms with Crippen LogP contribution in [-0.2, 0) is 22.4 Å². The van der Waals surface area contributed by atoms with Gasteiger partial charge in [-0.05, 0) is 44.6 Å². The van der Waals surface area contributed by atoms with Crippen molar-refractivity contribution in [2.45, 2.75) is 58.8 Å². The van der Waals surface area contributed by atoms with Gasteiger partial charge in [0.25, 0.3) is 5.91 Å². The van der Waals surface area contributed by atoms with Crippen molar-refractivity contribution < 1.29 is 19.1 Å². The number of amides is 3. The van der Waals surface area contributed by atoms with Gasteiger partial charge in [-0.2, -0.15) is 0 Å². The highest BCUT2D eigenvalue weighted by atomic mass is 32.1. The molecular weight excluding hydrogens is 328 g/mol. The zero-order valence-electron chi connectivity index (χ0n) is 14.2. The van der Waals surface area contributed by atoms with Crippen LogP contribution in [0.2, 0.25) is 0 Å². The SMILES string of the molecule is CCCC(=O)Nc1sc2c(c1C(=O)NC(=O)OCC)CCCCC2. The van der Waals surface area contributed by atoms with Gasteiger partial charge in [0.2, 0.25) is 5.91 Å². The van der Waals surface area contributed by atoms with E-state index in [0.717, 1.165) is 49.0 Å². The van der Waals surface area contributed by atoms with Gasteiger partial charge in [-0.25, -0.2) is 4.79 Å². The van der Waals surface area contributed by atoms with E-state index in [0.29, 0.717) is 17.0 Å². The van der Waals surface area contributed by atoms with Crippen molar-refractivity contribution in [3.05, 3.63) is 16.0 Å². The topological polar surface area (TPSA) is 84.5 Å². The first-order valence-electron chi connectivity index (χ1n) is 8.49. The largest absolute Gasteiger partial charge is 0.450 e. The lowest BCUT2D eigenvalue weighted by atomic mass is 10.0. The molecule has 0 aromatic carbocycles. The molecule has 0 atom stereocenters. The quantitative estimate of drug-likeness (QED) is 0.792. The third-order valence-corrected chi connectivity index (χ3v) is 5.08. The summed E-state index contributed by atoms with van der Waals surface area (Å²) in [7, 11) is 0. The van der Waals surface area contributed by atoms with Crippen molar-refractivity contribution in [1.29, 1.82) is 0 Å². The zero-order chi connectivity index (χ0) is 17.5. The lowest BCUT2D eigenvalue weighted by Gasteiger charge is -2.09. The second-order valence-corrected chi connectivity index (χ2v) is 6.85. The molecular formula is C17H24N2O4S. The maximum Gasteiger partial charge on any atom is 0.414 e. The van der Waals surface area contributed by atoms with Crippen LogP contribution in [-0.4, -0.2) is 24.5 Å². The molecule has 1 aliphatic carbocycles. The van der Waals surface area contributed by atoms with Crippen LogP contribution in [0, 0.1) is 0 Å². The van der Waals surface area contributed by atoms with Gasteiger partial charge in [-0.15, -0.1) is 11.3 Å². The minimum absolute atomic E-state index is 0.112. The number of thiophene rings is 1. The minimum atomic E-state index is -0.762. The van der Waals surface area contributed by atoms with Crippen LogP contribution >= 0.6 is 11.3 Å². The molecule has 0 aliphatic heterocycles. The van der Waals surface area contributed by atoms with Crippen LogP contribution in [0.5, 0.6) is 0 Å². The van der Waals surface area contributed by atoms with E-state index in [1.165, 1.54) is 11.3 Å². The fourth-order valence-corrected chi connectivity index (χ4v) is 4.11. The van der Waals surface area contributed by atoms with Gasteiger partial charge >= 0.3 is 6.09 Å². The number of hydrogen-bond donors (Lipinski definition) is 2. The summed E-state index contributed by atoms with van der Waals surface area (Å²) in [6.45, 7) is 3.80. The number of hydrogen-bond acceptors (Lipinski definition) is 5. The molecule has 0 radical (unpaired) electrons. The number of carbonyl (C=O) groups excluding carboxylic acids is 3. The fraction of sp³-hybridized carbons (Fsp3) is 0.588. The van der Waals surface area contributed by atoms with Crippen LogP contribution in [0.4, 0.5) is 9.80 Å². The smallest absolute Gasteiger partial charge is 0.414 e. The molecule has 0 unspecified atom stereocenters. The Morgan fingerprint density at radius 2 is 1.88 bits per heavy atom. The monoisotopic (exact) mass is 352 g/mol. The number of nitrogens with one attached hydrogen (secondary N) is 2. The minimum Gasteiger partial charge on any atom is -0.450 e. The van der Waals surface area contributed by atoms with E-state index in [-0.39, 0.29) is 12.5 Å². The molecule has 0 bridgehead atoms. The van der Waals surface area contributed by atoms with Crippen molar-refractivity contribution in [1.82, 2.24) is 5.32 Å². The summed E-state index contributed by atoms with van der Waals surface area (Å²) in [4.78, 5) is 37.3. The molecule has 0 saturated heterocycles. The Morgan fingerprint density at radius 1 is 1.12 bits per heavy atom. The number of alkyl carbamates (subject to hydrolysis) is 1. The number of fused-ring (bicyclic) bond motifs is 1. The molecule has 0 saturated carbocycles. The molecule has 1 aromatic rings. The van der Waals surface area contributed by atoms with Gasteiger partial charge in [0.05, 0.1) is 12.2 Å². The summed E-state index contributed by atoms with van der Waals surface area (Å²) in [5, 5.41) is 5.64. The van der Waals surface area contributed by atoms with E-state index < -0.39 is 12.0 Å². The Kier molecular flexibility index (Phi) is 6.78. The summed E-state index contributed by atoms with van der Waals surface area (Å²) in [6, 6.07) is 0. The molecule has 6 nitrogen and oxygen atoms in total. The van der Waals surface area contributed by atoms with Gasteiger partial charge in [0.15, 0.2) is 0 Å². The maximum absolute atomic E-state index is 12.6. The molecule has 7 heteroatoms. The second-order valence-electron chi connectivity index (χ2n) is 5.74. The normalized spacial score (nSPS) is 13.6. The number of imide groups is 1. The van der Waals surface area contributed by atoms with Crippen molar-refractivity contribution in [2.75, 3.05) is 11.9 Å². The summed E-state index contributed by atoms with van der Waals surface area (Å²) < 4.78 is 4.78. The van der Waals surface area contributed by atoms with E-state index in [4.69, 9.17) is 4.74 Å². The number of ether oxygens (including phenoxy) is 1. The molecule has 1 aliphatic rings. The van der Waals surface area contributed by atoms with Crippen molar-refractivity contribution in [2.24, 2.45) is 0 Å². The van der Waals surface area contributed by atoms with E-state index in [1.807, 2.05) is 6.92 Å². The van der Waals surface area contributed by atoms with Gasteiger partial charge in [0, 0.05) is 11.3 Å². The average molecular weight is 352 g/mol. The van der Waals surface area contributed by atoms with Crippen molar-refractivity contribution >= 4 is 34.2 Å². The maximum atomic E-state index is 12.6. The number of carbonyl (C=O) groups is 3. The fourth-order valence-electron chi connectivity index (χ4n) is 2.81. The number of aryl methyl sites for hydroxylation is 1. The summed E-state index contributed by atoms with van der Waals surface area (Å²) in [6.07, 6.45) is 5.29. The third kappa shape index (κ3) is 4.56. The molecule has 132 valence electrons. The van der Waals surface area contributed by atoms with E-state index in [1.54, 1.807) is 6.92 Å². The Bertz CT molecular complexity index is 624. The predicted octanol–water partition coefficient (Wildman–Crippen LogP) is 3.64. The van der Waals surface area contributed by atoms with E-state index >= 15 is 0 Å². The third-order valence-electron chi connectivity index (χ3n) is 3.87. The highest BCUT2D eigenvalue weighted by Crippen LogP contribution is 2.37. The van der Waals surface area contributed by atoms with E-state index in [9.17, 15) is 14.4 Å². The number of rotatable bonds is 5. The highest BCUT2D eigenvalue weighted by Gasteiger charge is 2.26. The molecule has 2 N–H and O–H groups in total. The predicted molar refractivity (Wildman–Crippen MR) is 93.6 cm³/mol. The number of anilines is 1. The van der Waals surface area contributed by atoms with Crippen molar-refractivity contribution in [3.63, 3.8) is 0 Å². The van der Waals surface area contributed by atoms with Crippen LogP contribution < -0.4 is 10.6 Å². The molecule has 1 aromatic heterocycles. The summed E-state index contributed by atoms with van der Waals surface area (Å²) in [5.74, 6) is -0.612. The van der Waals surface area contributed by atoms with Crippen LogP contribution in [0.15, 0.2) is 0 Å². The highest BCUT2D eigenvalue weighted by molar-refractivity contribution is 7.17. The Balaban J connectivity index is 2.30. The Morgan fingerprint density at radius 3 is 2.58 bits per heavy atom. The van der Waals surface area contributed by atoms with Crippen LogP contribution in [0.25, 0.3) is 0 Å². The lowest BCUT2D eigenvalue weighted by molar-refractivity contribution is -0.116. The van der Waals surface area contributed by atoms with Crippen LogP contribution in [0.3, 0.4) is 0 Å². The van der Waals surface area contributed by atoms with Crippen molar-refractivity contribution in [3.8, 4) is 0 Å². The van der Waals surface area contributed by atoms with E-state index in [2.05, 4.69) is 10.6 Å². The van der Waals surface area contributed by atoms with Gasteiger partial charge < -0.3 is 10.1 Å². The van der Waals surface area contributed by atoms with Gasteiger partial charge in [0.1, 0.15) is 5.00 Å². The first-order chi connectivity index (χ1) is 11.6.